The molecule has 1 aromatic heterocycles. The van der Waals surface area contributed by atoms with E-state index in [1.807, 2.05) is 0 Å². The number of carbonyl (C=O) groups is 1. The van der Waals surface area contributed by atoms with Crippen molar-refractivity contribution in [1.82, 2.24) is 10.3 Å². The van der Waals surface area contributed by atoms with Crippen molar-refractivity contribution in [1.29, 1.82) is 0 Å². The van der Waals surface area contributed by atoms with E-state index in [4.69, 9.17) is 17.3 Å². The summed E-state index contributed by atoms with van der Waals surface area (Å²) in [6.45, 7) is 0.619. The minimum atomic E-state index is -0.784. The van der Waals surface area contributed by atoms with Gasteiger partial charge in [0.15, 0.2) is 0 Å². The van der Waals surface area contributed by atoms with Gasteiger partial charge in [0.05, 0.1) is 11.1 Å². The first-order chi connectivity index (χ1) is 10.1. The van der Waals surface area contributed by atoms with Crippen molar-refractivity contribution in [2.45, 2.75) is 12.5 Å². The first-order valence-electron chi connectivity index (χ1n) is 6.46. The zero-order valence-corrected chi connectivity index (χ0v) is 12.8. The van der Waals surface area contributed by atoms with Crippen molar-refractivity contribution in [3.8, 4) is 0 Å². The molecule has 0 saturated carbocycles. The van der Waals surface area contributed by atoms with E-state index in [1.165, 1.54) is 11.3 Å². The number of halogens is 1. The number of aliphatic hydroxyl groups is 1. The largest absolute Gasteiger partial charge is 0.387 e. The fourth-order valence-corrected chi connectivity index (χ4v) is 2.66. The Kier molecular flexibility index (Phi) is 5.69. The number of benzene rings is 1. The fourth-order valence-electron chi connectivity index (χ4n) is 1.74. The second kappa shape index (κ2) is 7.51. The number of aliphatic hydroxyl groups excluding tert-OH is 1. The van der Waals surface area contributed by atoms with Gasteiger partial charge in [-0.25, -0.2) is 4.98 Å². The highest BCUT2D eigenvalue weighted by Gasteiger charge is 2.13. The van der Waals surface area contributed by atoms with Crippen molar-refractivity contribution >= 4 is 28.8 Å². The molecule has 112 valence electrons. The molecule has 1 amide bonds. The van der Waals surface area contributed by atoms with Crippen LogP contribution >= 0.6 is 22.9 Å². The molecule has 0 spiro atoms. The van der Waals surface area contributed by atoms with E-state index < -0.39 is 6.10 Å². The summed E-state index contributed by atoms with van der Waals surface area (Å²) in [6, 6.07) is 6.84. The van der Waals surface area contributed by atoms with Crippen molar-refractivity contribution in [2.24, 2.45) is 5.73 Å². The molecule has 0 aliphatic carbocycles. The van der Waals surface area contributed by atoms with Crippen LogP contribution in [0, 0.1) is 0 Å². The van der Waals surface area contributed by atoms with Crippen LogP contribution in [0.1, 0.15) is 27.2 Å². The van der Waals surface area contributed by atoms with E-state index in [1.54, 1.807) is 29.6 Å². The Hall–Kier alpha value is -1.47. The Morgan fingerprint density at radius 3 is 2.81 bits per heavy atom. The third-order valence-corrected chi connectivity index (χ3v) is 4.01. The number of nitrogens with zero attached hydrogens (tertiary/aromatic N) is 1. The average molecular weight is 326 g/mol. The normalized spacial score (nSPS) is 12.1. The van der Waals surface area contributed by atoms with Crippen LogP contribution in [-0.4, -0.2) is 29.1 Å². The van der Waals surface area contributed by atoms with E-state index >= 15 is 0 Å². The van der Waals surface area contributed by atoms with Gasteiger partial charge in [-0.15, -0.1) is 11.3 Å². The standard InChI is InChI=1S/C14H16ClN3O2S/c15-10-3-1-9(2-4-10)12(19)7-17-14(20)11-8-21-13(18-11)5-6-16/h1-4,8,12,19H,5-7,16H2,(H,17,20). The van der Waals surface area contributed by atoms with Crippen molar-refractivity contribution in [3.05, 3.63) is 50.9 Å². The van der Waals surface area contributed by atoms with Gasteiger partial charge in [-0.1, -0.05) is 23.7 Å². The molecule has 0 radical (unpaired) electrons. The first kappa shape index (κ1) is 15.9. The molecule has 2 rings (SSSR count). The van der Waals surface area contributed by atoms with E-state index in [0.717, 1.165) is 5.01 Å². The van der Waals surface area contributed by atoms with Crippen LogP contribution in [0.3, 0.4) is 0 Å². The van der Waals surface area contributed by atoms with Crippen LogP contribution in [-0.2, 0) is 6.42 Å². The molecule has 5 nitrogen and oxygen atoms in total. The second-order valence-electron chi connectivity index (χ2n) is 4.44. The van der Waals surface area contributed by atoms with Gasteiger partial charge >= 0.3 is 0 Å². The third kappa shape index (κ3) is 4.50. The highest BCUT2D eigenvalue weighted by atomic mass is 35.5. The molecule has 7 heteroatoms. The molecule has 1 unspecified atom stereocenters. The Morgan fingerprint density at radius 1 is 1.43 bits per heavy atom. The van der Waals surface area contributed by atoms with Crippen LogP contribution < -0.4 is 11.1 Å². The molecule has 0 aliphatic heterocycles. The lowest BCUT2D eigenvalue weighted by Gasteiger charge is -2.11. The molecular weight excluding hydrogens is 310 g/mol. The molecule has 2 aromatic rings. The predicted octanol–water partition coefficient (Wildman–Crippen LogP) is 1.76. The number of nitrogens with one attached hydrogen (secondary N) is 1. The maximum atomic E-state index is 11.9. The van der Waals surface area contributed by atoms with Gasteiger partial charge < -0.3 is 16.2 Å². The molecular formula is C14H16ClN3O2S. The smallest absolute Gasteiger partial charge is 0.270 e. The lowest BCUT2D eigenvalue weighted by molar-refractivity contribution is 0.0912. The van der Waals surface area contributed by atoms with Crippen molar-refractivity contribution in [3.63, 3.8) is 0 Å². The Morgan fingerprint density at radius 2 is 2.14 bits per heavy atom. The minimum absolute atomic E-state index is 0.115. The lowest BCUT2D eigenvalue weighted by atomic mass is 10.1. The predicted molar refractivity (Wildman–Crippen MR) is 83.6 cm³/mol. The van der Waals surface area contributed by atoms with E-state index in [0.29, 0.717) is 29.2 Å². The van der Waals surface area contributed by atoms with Crippen molar-refractivity contribution < 1.29 is 9.90 Å². The maximum absolute atomic E-state index is 11.9. The number of rotatable bonds is 6. The van der Waals surface area contributed by atoms with E-state index in [-0.39, 0.29) is 12.5 Å². The quantitative estimate of drug-likeness (QED) is 0.755. The Balaban J connectivity index is 1.89. The zero-order chi connectivity index (χ0) is 15.2. The highest BCUT2D eigenvalue weighted by molar-refractivity contribution is 7.09. The van der Waals surface area contributed by atoms with Crippen LogP contribution in [0.15, 0.2) is 29.6 Å². The molecule has 1 aromatic carbocycles. The second-order valence-corrected chi connectivity index (χ2v) is 5.82. The Bertz CT molecular complexity index is 601. The molecule has 0 aliphatic rings. The van der Waals surface area contributed by atoms with Gasteiger partial charge in [-0.2, -0.15) is 0 Å². The number of aromatic nitrogens is 1. The molecule has 4 N–H and O–H groups in total. The fraction of sp³-hybridized carbons (Fsp3) is 0.286. The summed E-state index contributed by atoms with van der Waals surface area (Å²) >= 11 is 7.19. The van der Waals surface area contributed by atoms with Crippen LogP contribution in [0.2, 0.25) is 5.02 Å². The topological polar surface area (TPSA) is 88.2 Å². The number of hydrogen-bond donors (Lipinski definition) is 3. The summed E-state index contributed by atoms with van der Waals surface area (Å²) in [4.78, 5) is 16.1. The van der Waals surface area contributed by atoms with Gasteiger partial charge in [0.2, 0.25) is 0 Å². The number of carbonyl (C=O) groups excluding carboxylic acids is 1. The summed E-state index contributed by atoms with van der Waals surface area (Å²) in [5, 5.41) is 15.8. The van der Waals surface area contributed by atoms with Crippen LogP contribution in [0.4, 0.5) is 0 Å². The summed E-state index contributed by atoms with van der Waals surface area (Å²) in [5.74, 6) is -0.303. The SMILES string of the molecule is NCCc1nc(C(=O)NCC(O)c2ccc(Cl)cc2)cs1. The number of hydrogen-bond acceptors (Lipinski definition) is 5. The highest BCUT2D eigenvalue weighted by Crippen LogP contribution is 2.16. The molecule has 0 saturated heterocycles. The first-order valence-corrected chi connectivity index (χ1v) is 7.72. The zero-order valence-electron chi connectivity index (χ0n) is 11.3. The van der Waals surface area contributed by atoms with E-state index in [9.17, 15) is 9.90 Å². The molecule has 1 heterocycles. The summed E-state index contributed by atoms with van der Waals surface area (Å²) in [7, 11) is 0. The summed E-state index contributed by atoms with van der Waals surface area (Å²) in [6.07, 6.45) is -0.126. The maximum Gasteiger partial charge on any atom is 0.270 e. The minimum Gasteiger partial charge on any atom is -0.387 e. The molecule has 21 heavy (non-hydrogen) atoms. The summed E-state index contributed by atoms with van der Waals surface area (Å²) in [5.41, 5.74) is 6.49. The van der Waals surface area contributed by atoms with Gasteiger partial charge in [0, 0.05) is 23.4 Å². The number of nitrogens with two attached hydrogens (primary N) is 1. The van der Waals surface area contributed by atoms with Crippen LogP contribution in [0.25, 0.3) is 0 Å². The van der Waals surface area contributed by atoms with Gasteiger partial charge in [0.1, 0.15) is 5.69 Å². The monoisotopic (exact) mass is 325 g/mol. The molecule has 0 fully saturated rings. The average Bonchev–Trinajstić information content (AvgIpc) is 2.94. The van der Waals surface area contributed by atoms with Crippen LogP contribution in [0.5, 0.6) is 0 Å². The lowest BCUT2D eigenvalue weighted by Crippen LogP contribution is -2.28. The number of thiazole rings is 1. The Labute approximate surface area is 131 Å². The van der Waals surface area contributed by atoms with Gasteiger partial charge in [-0.05, 0) is 24.2 Å². The number of amides is 1. The third-order valence-electron chi connectivity index (χ3n) is 2.85. The molecule has 0 bridgehead atoms. The van der Waals surface area contributed by atoms with Gasteiger partial charge in [-0.3, -0.25) is 4.79 Å². The van der Waals surface area contributed by atoms with Gasteiger partial charge in [0.25, 0.3) is 5.91 Å². The van der Waals surface area contributed by atoms with E-state index in [2.05, 4.69) is 10.3 Å². The van der Waals surface area contributed by atoms with Crippen molar-refractivity contribution in [2.75, 3.05) is 13.1 Å². The summed E-state index contributed by atoms with van der Waals surface area (Å²) < 4.78 is 0. The molecule has 1 atom stereocenters.